The van der Waals surface area contributed by atoms with E-state index in [4.69, 9.17) is 4.74 Å². The predicted octanol–water partition coefficient (Wildman–Crippen LogP) is 3.07. The summed E-state index contributed by atoms with van der Waals surface area (Å²) in [5, 5.41) is 0. The van der Waals surface area contributed by atoms with E-state index < -0.39 is 37.3 Å². The van der Waals surface area contributed by atoms with Gasteiger partial charge in [-0.2, -0.15) is 13.2 Å². The van der Waals surface area contributed by atoms with E-state index in [1.54, 1.807) is 25.1 Å². The minimum atomic E-state index is -5.49. The molecule has 9 nitrogen and oxygen atoms in total. The fraction of sp³-hybridized carbons (Fsp3) is 0.0870. The number of sulfone groups is 1. The monoisotopic (exact) mass is 519 g/mol. The number of H-pyrrole nitrogens is 1. The van der Waals surface area contributed by atoms with Gasteiger partial charge >= 0.3 is 22.6 Å². The van der Waals surface area contributed by atoms with E-state index in [-0.39, 0.29) is 22.9 Å². The second kappa shape index (κ2) is 9.00. The summed E-state index contributed by atoms with van der Waals surface area (Å²) in [4.78, 5) is 38.9. The molecule has 186 valence electrons. The molecule has 4 rings (SSSR count). The van der Waals surface area contributed by atoms with Gasteiger partial charge in [0, 0.05) is 0 Å². The summed E-state index contributed by atoms with van der Waals surface area (Å²) in [6.07, 6.45) is 0. The minimum Gasteiger partial charge on any atom is -0.457 e. The Morgan fingerprint density at radius 1 is 0.806 bits per heavy atom. The molecule has 0 spiro atoms. The van der Waals surface area contributed by atoms with Gasteiger partial charge in [-0.25, -0.2) is 31.9 Å². The fourth-order valence-corrected chi connectivity index (χ4v) is 4.11. The lowest BCUT2D eigenvalue weighted by molar-refractivity contribution is -0.0436. The molecular formula is C23H16F3N3O6S. The molecule has 0 aliphatic rings. The Kier molecular flexibility index (Phi) is 6.18. The molecule has 0 amide bonds. The molecule has 0 atom stereocenters. The number of hydrogen-bond donors (Lipinski definition) is 1. The van der Waals surface area contributed by atoms with Crippen LogP contribution in [0.15, 0.2) is 92.1 Å². The van der Waals surface area contributed by atoms with Gasteiger partial charge in [-0.3, -0.25) is 4.98 Å². The highest BCUT2D eigenvalue weighted by Crippen LogP contribution is 2.32. The van der Waals surface area contributed by atoms with Gasteiger partial charge in [0.2, 0.25) is 0 Å². The smallest absolute Gasteiger partial charge is 0.457 e. The Morgan fingerprint density at radius 2 is 1.39 bits per heavy atom. The van der Waals surface area contributed by atoms with E-state index in [2.05, 4.69) is 4.98 Å². The van der Waals surface area contributed by atoms with Crippen molar-refractivity contribution in [3.05, 3.63) is 110 Å². The summed E-state index contributed by atoms with van der Waals surface area (Å²) in [5.74, 6) is 0.283. The SMILES string of the molecule is Cc1cc(-n2c(=O)[nH]c(=O)n(-c3ccccc3)c2=O)ccc1Oc1ccc(S(=O)(=O)C(F)(F)F)cc1. The number of para-hydroxylation sites is 1. The first-order valence-corrected chi connectivity index (χ1v) is 11.6. The lowest BCUT2D eigenvalue weighted by Crippen LogP contribution is -2.48. The summed E-state index contributed by atoms with van der Waals surface area (Å²) in [6, 6.07) is 15.9. The zero-order chi connectivity index (χ0) is 26.3. The Morgan fingerprint density at radius 3 is 1.94 bits per heavy atom. The molecule has 4 aromatic rings. The molecule has 0 bridgehead atoms. The van der Waals surface area contributed by atoms with Crippen LogP contribution in [0, 0.1) is 6.92 Å². The normalized spacial score (nSPS) is 11.9. The Labute approximate surface area is 200 Å². The van der Waals surface area contributed by atoms with Gasteiger partial charge in [0.05, 0.1) is 16.3 Å². The average Bonchev–Trinajstić information content (AvgIpc) is 2.81. The summed E-state index contributed by atoms with van der Waals surface area (Å²) in [5.41, 5.74) is -7.37. The van der Waals surface area contributed by atoms with Gasteiger partial charge in [-0.15, -0.1) is 0 Å². The molecular weight excluding hydrogens is 503 g/mol. The van der Waals surface area contributed by atoms with Crippen LogP contribution in [0.2, 0.25) is 0 Å². The molecule has 0 unspecified atom stereocenters. The van der Waals surface area contributed by atoms with Crippen LogP contribution >= 0.6 is 0 Å². The van der Waals surface area contributed by atoms with Crippen molar-refractivity contribution in [3.63, 3.8) is 0 Å². The van der Waals surface area contributed by atoms with E-state index >= 15 is 0 Å². The number of rotatable bonds is 5. The second-order valence-corrected chi connectivity index (χ2v) is 9.44. The maximum absolute atomic E-state index is 13.0. The average molecular weight is 519 g/mol. The molecule has 0 saturated carbocycles. The van der Waals surface area contributed by atoms with Crippen LogP contribution < -0.4 is 21.8 Å². The van der Waals surface area contributed by atoms with Crippen molar-refractivity contribution in [2.45, 2.75) is 17.3 Å². The summed E-state index contributed by atoms with van der Waals surface area (Å²) < 4.78 is 68.3. The number of aromatic nitrogens is 3. The van der Waals surface area contributed by atoms with Crippen molar-refractivity contribution >= 4 is 9.84 Å². The summed E-state index contributed by atoms with van der Waals surface area (Å²) in [7, 11) is -5.49. The number of ether oxygens (including phenoxy) is 1. The largest absolute Gasteiger partial charge is 0.501 e. The highest BCUT2D eigenvalue weighted by molar-refractivity contribution is 7.92. The maximum atomic E-state index is 13.0. The van der Waals surface area contributed by atoms with Crippen LogP contribution in [0.4, 0.5) is 13.2 Å². The first kappa shape index (κ1) is 24.7. The number of nitrogens with zero attached hydrogens (tertiary/aromatic N) is 2. The second-order valence-electron chi connectivity index (χ2n) is 7.50. The topological polar surface area (TPSA) is 120 Å². The number of nitrogens with one attached hydrogen (secondary N) is 1. The van der Waals surface area contributed by atoms with Crippen LogP contribution in [0.5, 0.6) is 11.5 Å². The van der Waals surface area contributed by atoms with Gasteiger partial charge in [-0.05, 0) is 67.1 Å². The third-order valence-electron chi connectivity index (χ3n) is 5.10. The van der Waals surface area contributed by atoms with Crippen molar-refractivity contribution in [2.24, 2.45) is 0 Å². The quantitative estimate of drug-likeness (QED) is 0.433. The maximum Gasteiger partial charge on any atom is 0.501 e. The molecule has 36 heavy (non-hydrogen) atoms. The molecule has 13 heteroatoms. The highest BCUT2D eigenvalue weighted by Gasteiger charge is 2.46. The van der Waals surface area contributed by atoms with Gasteiger partial charge in [0.1, 0.15) is 11.5 Å². The Hall–Kier alpha value is -4.39. The summed E-state index contributed by atoms with van der Waals surface area (Å²) in [6.45, 7) is 1.59. The van der Waals surface area contributed by atoms with Gasteiger partial charge in [0.25, 0.3) is 9.84 Å². The van der Waals surface area contributed by atoms with Crippen LogP contribution in [-0.4, -0.2) is 28.0 Å². The van der Waals surface area contributed by atoms with Crippen molar-refractivity contribution in [1.82, 2.24) is 14.1 Å². The van der Waals surface area contributed by atoms with Gasteiger partial charge in [0.15, 0.2) is 0 Å². The molecule has 0 fully saturated rings. The van der Waals surface area contributed by atoms with Crippen LogP contribution in [0.25, 0.3) is 11.4 Å². The molecule has 1 aromatic heterocycles. The van der Waals surface area contributed by atoms with E-state index in [0.717, 1.165) is 33.4 Å². The zero-order valence-electron chi connectivity index (χ0n) is 18.3. The standard InChI is InChI=1S/C23H16F3N3O6S/c1-14-13-16(29-21(31)27-20(30)28(22(29)32)15-5-3-2-4-6-15)7-12-19(14)35-17-8-10-18(11-9-17)36(33,34)23(24,25)26/h2-13H,1H3,(H,27,30,31). The van der Waals surface area contributed by atoms with Crippen molar-refractivity contribution in [2.75, 3.05) is 0 Å². The number of benzene rings is 3. The van der Waals surface area contributed by atoms with Crippen molar-refractivity contribution in [1.29, 1.82) is 0 Å². The highest BCUT2D eigenvalue weighted by atomic mass is 32.2. The van der Waals surface area contributed by atoms with Crippen molar-refractivity contribution < 1.29 is 26.3 Å². The van der Waals surface area contributed by atoms with Crippen LogP contribution in [0.3, 0.4) is 0 Å². The van der Waals surface area contributed by atoms with Crippen LogP contribution in [0.1, 0.15) is 5.56 Å². The number of halogens is 3. The van der Waals surface area contributed by atoms with Gasteiger partial charge < -0.3 is 4.74 Å². The Bertz CT molecular complexity index is 1720. The lowest BCUT2D eigenvalue weighted by Gasteiger charge is -2.13. The third-order valence-corrected chi connectivity index (χ3v) is 6.60. The van der Waals surface area contributed by atoms with E-state index in [1.165, 1.54) is 30.3 Å². The van der Waals surface area contributed by atoms with Crippen LogP contribution in [-0.2, 0) is 9.84 Å². The molecule has 0 radical (unpaired) electrons. The zero-order valence-corrected chi connectivity index (χ0v) is 19.1. The van der Waals surface area contributed by atoms with E-state index in [9.17, 15) is 36.0 Å². The van der Waals surface area contributed by atoms with Crippen molar-refractivity contribution in [3.8, 4) is 22.9 Å². The molecule has 0 aliphatic carbocycles. The molecule has 1 heterocycles. The Balaban J connectivity index is 1.68. The van der Waals surface area contributed by atoms with Gasteiger partial charge in [-0.1, -0.05) is 18.2 Å². The molecule has 0 aliphatic heterocycles. The first-order valence-electron chi connectivity index (χ1n) is 10.1. The van der Waals surface area contributed by atoms with E-state index in [0.29, 0.717) is 5.56 Å². The molecule has 3 aromatic carbocycles. The molecule has 0 saturated heterocycles. The first-order chi connectivity index (χ1) is 16.9. The minimum absolute atomic E-state index is 0.0552. The lowest BCUT2D eigenvalue weighted by atomic mass is 10.2. The number of aromatic amines is 1. The number of aryl methyl sites for hydroxylation is 1. The summed E-state index contributed by atoms with van der Waals surface area (Å²) >= 11 is 0. The fourth-order valence-electron chi connectivity index (χ4n) is 3.34. The molecule has 1 N–H and O–H groups in total. The van der Waals surface area contributed by atoms with E-state index in [1.807, 2.05) is 0 Å². The third kappa shape index (κ3) is 4.47. The number of alkyl halides is 3. The predicted molar refractivity (Wildman–Crippen MR) is 123 cm³/mol. The number of hydrogen-bond acceptors (Lipinski definition) is 6.